The summed E-state index contributed by atoms with van der Waals surface area (Å²) >= 11 is 6.15. The first kappa shape index (κ1) is 23.0. The molecule has 2 rings (SSSR count). The molecule has 1 atom stereocenters. The molecular formula is C21H28ClN3O3S. The lowest BCUT2D eigenvalue weighted by molar-refractivity contribution is -0.121. The maximum atomic E-state index is 12.6. The van der Waals surface area contributed by atoms with E-state index < -0.39 is 16.1 Å². The summed E-state index contributed by atoms with van der Waals surface area (Å²) < 4.78 is 25.8. The molecule has 2 aromatic carbocycles. The molecule has 0 radical (unpaired) electrons. The normalized spacial score (nSPS) is 12.3. The number of carbonyl (C=O) groups is 1. The monoisotopic (exact) mass is 437 g/mol. The minimum atomic E-state index is -3.67. The van der Waals surface area contributed by atoms with Crippen LogP contribution in [0.25, 0.3) is 0 Å². The Kier molecular flexibility index (Phi) is 7.93. The molecule has 1 amide bonds. The van der Waals surface area contributed by atoms with E-state index in [1.54, 1.807) is 25.1 Å². The van der Waals surface area contributed by atoms with Crippen molar-refractivity contribution in [3.05, 3.63) is 59.1 Å². The van der Waals surface area contributed by atoms with Gasteiger partial charge in [0.25, 0.3) is 0 Å². The van der Waals surface area contributed by atoms with Crippen LogP contribution in [-0.4, -0.2) is 46.8 Å². The molecule has 0 unspecified atom stereocenters. The molecule has 0 aliphatic carbocycles. The molecule has 8 heteroatoms. The molecule has 0 fully saturated rings. The van der Waals surface area contributed by atoms with Crippen LogP contribution in [-0.2, 0) is 14.8 Å². The van der Waals surface area contributed by atoms with Gasteiger partial charge >= 0.3 is 0 Å². The maximum Gasteiger partial charge on any atom is 0.243 e. The van der Waals surface area contributed by atoms with Gasteiger partial charge in [0.05, 0.1) is 11.9 Å². The van der Waals surface area contributed by atoms with Crippen molar-refractivity contribution in [2.75, 3.05) is 35.6 Å². The van der Waals surface area contributed by atoms with Gasteiger partial charge in [-0.25, -0.2) is 8.42 Å². The van der Waals surface area contributed by atoms with Gasteiger partial charge < -0.3 is 10.2 Å². The lowest BCUT2D eigenvalue weighted by atomic mass is 10.2. The average Bonchev–Trinajstić information content (AvgIpc) is 2.67. The number of sulfonamides is 1. The molecule has 2 aromatic rings. The first-order valence-electron chi connectivity index (χ1n) is 9.40. The highest BCUT2D eigenvalue weighted by Gasteiger charge is 2.29. The Labute approximate surface area is 178 Å². The molecule has 29 heavy (non-hydrogen) atoms. The Bertz CT molecular complexity index is 935. The van der Waals surface area contributed by atoms with Crippen LogP contribution in [0.4, 0.5) is 11.4 Å². The number of hydrogen-bond donors (Lipinski definition) is 1. The van der Waals surface area contributed by atoms with Gasteiger partial charge in [0.1, 0.15) is 6.04 Å². The van der Waals surface area contributed by atoms with E-state index in [9.17, 15) is 13.2 Å². The van der Waals surface area contributed by atoms with Gasteiger partial charge in [-0.2, -0.15) is 0 Å². The molecule has 0 aliphatic heterocycles. The summed E-state index contributed by atoms with van der Waals surface area (Å²) in [6.45, 7) is 4.62. The van der Waals surface area contributed by atoms with Crippen molar-refractivity contribution in [1.82, 2.24) is 5.32 Å². The highest BCUT2D eigenvalue weighted by molar-refractivity contribution is 7.92. The lowest BCUT2D eigenvalue weighted by Gasteiger charge is -2.28. The molecule has 0 saturated heterocycles. The summed E-state index contributed by atoms with van der Waals surface area (Å²) in [6.07, 6.45) is 1.82. The molecule has 0 aromatic heterocycles. The first-order valence-corrected chi connectivity index (χ1v) is 11.6. The standard InChI is InChI=1S/C21H28ClN3O3S/c1-16-11-12-19(15-20(16)22)25(29(4,27)28)17(2)21(26)23-13-8-14-24(3)18-9-6-5-7-10-18/h5-7,9-12,15,17H,8,13-14H2,1-4H3,(H,23,26)/t17-/m1/s1. The van der Waals surface area contributed by atoms with E-state index >= 15 is 0 Å². The minimum absolute atomic E-state index is 0.352. The van der Waals surface area contributed by atoms with E-state index in [4.69, 9.17) is 11.6 Å². The highest BCUT2D eigenvalue weighted by atomic mass is 35.5. The van der Waals surface area contributed by atoms with Crippen molar-refractivity contribution in [2.45, 2.75) is 26.3 Å². The van der Waals surface area contributed by atoms with Gasteiger partial charge in [-0.1, -0.05) is 35.9 Å². The van der Waals surface area contributed by atoms with Crippen LogP contribution in [0, 0.1) is 6.92 Å². The van der Waals surface area contributed by atoms with Crippen molar-refractivity contribution in [2.24, 2.45) is 0 Å². The van der Waals surface area contributed by atoms with Crippen LogP contribution in [0.15, 0.2) is 48.5 Å². The second kappa shape index (κ2) is 9.98. The minimum Gasteiger partial charge on any atom is -0.375 e. The highest BCUT2D eigenvalue weighted by Crippen LogP contribution is 2.26. The molecule has 1 N–H and O–H groups in total. The number of para-hydroxylation sites is 1. The fraction of sp³-hybridized carbons (Fsp3) is 0.381. The molecule has 0 bridgehead atoms. The number of amides is 1. The molecule has 158 valence electrons. The number of aryl methyl sites for hydroxylation is 1. The number of carbonyl (C=O) groups excluding carboxylic acids is 1. The average molecular weight is 438 g/mol. The predicted octanol–water partition coefficient (Wildman–Crippen LogP) is 3.45. The summed E-state index contributed by atoms with van der Waals surface area (Å²) in [5.74, 6) is -0.352. The van der Waals surface area contributed by atoms with Crippen molar-refractivity contribution < 1.29 is 13.2 Å². The van der Waals surface area contributed by atoms with E-state index in [0.29, 0.717) is 17.3 Å². The van der Waals surface area contributed by atoms with Gasteiger partial charge in [0, 0.05) is 30.8 Å². The van der Waals surface area contributed by atoms with E-state index in [0.717, 1.165) is 34.8 Å². The zero-order valence-electron chi connectivity index (χ0n) is 17.2. The second-order valence-corrected chi connectivity index (χ2v) is 9.34. The molecule has 0 heterocycles. The molecular weight excluding hydrogens is 410 g/mol. The Morgan fingerprint density at radius 1 is 1.14 bits per heavy atom. The van der Waals surface area contributed by atoms with Crippen molar-refractivity contribution >= 4 is 38.9 Å². The third-order valence-corrected chi connectivity index (χ3v) is 6.31. The number of rotatable bonds is 9. The third kappa shape index (κ3) is 6.37. The molecule has 6 nitrogen and oxygen atoms in total. The maximum absolute atomic E-state index is 12.6. The summed E-state index contributed by atoms with van der Waals surface area (Å²) in [5.41, 5.74) is 2.31. The Hall–Kier alpha value is -2.25. The fourth-order valence-electron chi connectivity index (χ4n) is 3.01. The van der Waals surface area contributed by atoms with E-state index in [2.05, 4.69) is 10.2 Å². The number of halogens is 1. The fourth-order valence-corrected chi connectivity index (χ4v) is 4.36. The van der Waals surface area contributed by atoms with E-state index in [1.165, 1.54) is 0 Å². The number of nitrogens with zero attached hydrogens (tertiary/aromatic N) is 2. The van der Waals surface area contributed by atoms with Crippen LogP contribution in [0.5, 0.6) is 0 Å². The number of benzene rings is 2. The van der Waals surface area contributed by atoms with Gasteiger partial charge in [-0.05, 0) is 50.1 Å². The zero-order valence-corrected chi connectivity index (χ0v) is 18.8. The molecule has 0 aliphatic rings. The van der Waals surface area contributed by atoms with Gasteiger partial charge in [0.2, 0.25) is 15.9 Å². The van der Waals surface area contributed by atoms with Crippen LogP contribution >= 0.6 is 11.6 Å². The largest absolute Gasteiger partial charge is 0.375 e. The zero-order chi connectivity index (χ0) is 21.6. The van der Waals surface area contributed by atoms with E-state index in [-0.39, 0.29) is 5.91 Å². The summed E-state index contributed by atoms with van der Waals surface area (Å²) in [5, 5.41) is 3.28. The second-order valence-electron chi connectivity index (χ2n) is 7.07. The van der Waals surface area contributed by atoms with Crippen LogP contribution < -0.4 is 14.5 Å². The van der Waals surface area contributed by atoms with E-state index in [1.807, 2.05) is 44.3 Å². The van der Waals surface area contributed by atoms with Crippen LogP contribution in [0.3, 0.4) is 0 Å². The quantitative estimate of drug-likeness (QED) is 0.610. The number of nitrogens with one attached hydrogen (secondary N) is 1. The summed E-state index contributed by atoms with van der Waals surface area (Å²) in [7, 11) is -1.67. The Balaban J connectivity index is 1.98. The molecule has 0 spiro atoms. The van der Waals surface area contributed by atoms with Gasteiger partial charge in [-0.3, -0.25) is 9.10 Å². The van der Waals surface area contributed by atoms with Gasteiger partial charge in [-0.15, -0.1) is 0 Å². The molecule has 0 saturated carbocycles. The SMILES string of the molecule is Cc1ccc(N([C@H](C)C(=O)NCCCN(C)c2ccccc2)S(C)(=O)=O)cc1Cl. The first-order chi connectivity index (χ1) is 13.6. The van der Waals surface area contributed by atoms with Crippen LogP contribution in [0.2, 0.25) is 5.02 Å². The van der Waals surface area contributed by atoms with Gasteiger partial charge in [0.15, 0.2) is 0 Å². The Morgan fingerprint density at radius 3 is 2.38 bits per heavy atom. The van der Waals surface area contributed by atoms with Crippen molar-refractivity contribution in [1.29, 1.82) is 0 Å². The number of hydrogen-bond acceptors (Lipinski definition) is 4. The lowest BCUT2D eigenvalue weighted by Crippen LogP contribution is -2.48. The summed E-state index contributed by atoms with van der Waals surface area (Å²) in [4.78, 5) is 14.7. The van der Waals surface area contributed by atoms with Crippen LogP contribution in [0.1, 0.15) is 18.9 Å². The number of anilines is 2. The Morgan fingerprint density at radius 2 is 1.79 bits per heavy atom. The summed E-state index contributed by atoms with van der Waals surface area (Å²) in [6, 6.07) is 14.0. The van der Waals surface area contributed by atoms with Crippen molar-refractivity contribution in [3.63, 3.8) is 0 Å². The van der Waals surface area contributed by atoms with Crippen molar-refractivity contribution in [3.8, 4) is 0 Å². The smallest absolute Gasteiger partial charge is 0.243 e. The third-order valence-electron chi connectivity index (χ3n) is 4.66. The predicted molar refractivity (Wildman–Crippen MR) is 120 cm³/mol. The topological polar surface area (TPSA) is 69.7 Å².